The number of carbonyl (C=O) groups is 1. The summed E-state index contributed by atoms with van der Waals surface area (Å²) in [7, 11) is -6.15. The van der Waals surface area contributed by atoms with Gasteiger partial charge >= 0.3 is 11.2 Å². The number of halogens is 3. The number of rotatable bonds is 9. The van der Waals surface area contributed by atoms with Gasteiger partial charge in [-0.2, -0.15) is 8.78 Å². The summed E-state index contributed by atoms with van der Waals surface area (Å²) in [5, 5.41) is 16.6. The quantitative estimate of drug-likeness (QED) is 0.296. The molecule has 4 aliphatic rings. The fourth-order valence-corrected chi connectivity index (χ4v) is 9.83. The van der Waals surface area contributed by atoms with Crippen LogP contribution < -0.4 is 0 Å². The highest BCUT2D eigenvalue weighted by Gasteiger charge is 2.62. The Balaban J connectivity index is 1.31. The van der Waals surface area contributed by atoms with Crippen molar-refractivity contribution in [3.63, 3.8) is 0 Å². The summed E-state index contributed by atoms with van der Waals surface area (Å²) in [6.07, 6.45) is 3.11. The Labute approximate surface area is 230 Å². The highest BCUT2D eigenvalue weighted by Crippen LogP contribution is 2.68. The van der Waals surface area contributed by atoms with E-state index in [-0.39, 0.29) is 41.3 Å². The minimum atomic E-state index is -6.15. The van der Waals surface area contributed by atoms with E-state index in [1.807, 2.05) is 0 Å². The summed E-state index contributed by atoms with van der Waals surface area (Å²) in [5.74, 6) is 1.31. The molecule has 39 heavy (non-hydrogen) atoms. The summed E-state index contributed by atoms with van der Waals surface area (Å²) in [6, 6.07) is 0. The second-order valence-electron chi connectivity index (χ2n) is 13.5. The number of hydrogen-bond acceptors (Lipinski definition) is 7. The third kappa shape index (κ3) is 5.63. The van der Waals surface area contributed by atoms with E-state index in [2.05, 4.69) is 20.8 Å². The van der Waals surface area contributed by atoms with Crippen LogP contribution in [0.2, 0.25) is 0 Å². The number of aliphatic hydroxyl groups is 2. The summed E-state index contributed by atoms with van der Waals surface area (Å²) in [6.45, 7) is 6.08. The second-order valence-corrected chi connectivity index (χ2v) is 14.9. The van der Waals surface area contributed by atoms with E-state index in [1.165, 1.54) is 0 Å². The van der Waals surface area contributed by atoms with E-state index in [0.29, 0.717) is 30.1 Å². The molecule has 4 rings (SSSR count). The molecule has 0 spiro atoms. The lowest BCUT2D eigenvalue weighted by molar-refractivity contribution is -0.174. The molecule has 0 amide bonds. The van der Waals surface area contributed by atoms with Crippen LogP contribution in [-0.2, 0) is 19.6 Å². The molecule has 7 nitrogen and oxygen atoms in total. The minimum Gasteiger partial charge on any atom is -0.743 e. The standard InChI is InChI=1S/C28H45F3O7S/c1-16(4-7-24(34)38-13-10-23(29)28(30,31)39(35,36)37)19-5-6-20-25-21(9-12-27(19,20)3)26(2)11-8-18(32)14-17(26)15-22(25)33/h16-23,25,32-33H,4-15H2,1-3H3,(H,35,36,37)/p-1/t16-,17+,18-,19-,20+,21+,22+,23?,25+,26+,27-/m1/s1. The largest absolute Gasteiger partial charge is 0.743 e. The van der Waals surface area contributed by atoms with E-state index in [1.54, 1.807) is 0 Å². The molecule has 0 saturated heterocycles. The molecule has 11 atom stereocenters. The van der Waals surface area contributed by atoms with Crippen LogP contribution in [0.25, 0.3) is 0 Å². The molecule has 4 fully saturated rings. The first-order chi connectivity index (χ1) is 18.0. The lowest BCUT2D eigenvalue weighted by Crippen LogP contribution is -2.58. The Kier molecular flexibility index (Phi) is 8.80. The molecule has 4 saturated carbocycles. The minimum absolute atomic E-state index is 0.0301. The zero-order valence-electron chi connectivity index (χ0n) is 23.2. The Hall–Kier alpha value is -0.910. The van der Waals surface area contributed by atoms with Gasteiger partial charge in [0.1, 0.15) is 0 Å². The molecule has 0 radical (unpaired) electrons. The predicted octanol–water partition coefficient (Wildman–Crippen LogP) is 4.80. The van der Waals surface area contributed by atoms with Crippen LogP contribution in [-0.4, -0.2) is 59.4 Å². The monoisotopic (exact) mass is 581 g/mol. The van der Waals surface area contributed by atoms with Gasteiger partial charge in [-0.3, -0.25) is 4.79 Å². The first-order valence-electron chi connectivity index (χ1n) is 14.5. The van der Waals surface area contributed by atoms with Crippen molar-refractivity contribution in [2.45, 2.75) is 115 Å². The molecule has 0 aromatic carbocycles. The molecular weight excluding hydrogens is 537 g/mol. The predicted molar refractivity (Wildman–Crippen MR) is 136 cm³/mol. The summed E-state index contributed by atoms with van der Waals surface area (Å²) >= 11 is 0. The second kappa shape index (κ2) is 11.1. The van der Waals surface area contributed by atoms with Crippen LogP contribution in [0.5, 0.6) is 0 Å². The van der Waals surface area contributed by atoms with Gasteiger partial charge in [-0.25, -0.2) is 12.8 Å². The maximum Gasteiger partial charge on any atom is 0.364 e. The van der Waals surface area contributed by atoms with Gasteiger partial charge in [0.05, 0.1) is 18.8 Å². The Bertz CT molecular complexity index is 1010. The van der Waals surface area contributed by atoms with Crippen molar-refractivity contribution in [1.82, 2.24) is 0 Å². The lowest BCUT2D eigenvalue weighted by atomic mass is 9.43. The third-order valence-corrected chi connectivity index (χ3v) is 12.5. The van der Waals surface area contributed by atoms with E-state index in [4.69, 9.17) is 4.74 Å². The zero-order chi connectivity index (χ0) is 29.0. The number of ether oxygens (including phenoxy) is 1. The smallest absolute Gasteiger partial charge is 0.364 e. The molecule has 4 aliphatic carbocycles. The molecule has 2 N–H and O–H groups in total. The zero-order valence-corrected chi connectivity index (χ0v) is 24.0. The summed E-state index contributed by atoms with van der Waals surface area (Å²) in [5.41, 5.74) is 0.193. The number of carbonyl (C=O) groups excluding carboxylic acids is 1. The molecule has 0 aromatic heterocycles. The van der Waals surface area contributed by atoms with Crippen molar-refractivity contribution in [3.05, 3.63) is 0 Å². The van der Waals surface area contributed by atoms with Crippen molar-refractivity contribution < 1.29 is 45.9 Å². The van der Waals surface area contributed by atoms with Crippen molar-refractivity contribution in [3.8, 4) is 0 Å². The maximum atomic E-state index is 13.6. The van der Waals surface area contributed by atoms with Gasteiger partial charge in [0, 0.05) is 12.8 Å². The molecular formula is C28H44F3O7S-. The first-order valence-corrected chi connectivity index (χ1v) is 15.9. The average molecular weight is 582 g/mol. The van der Waals surface area contributed by atoms with Gasteiger partial charge in [-0.1, -0.05) is 20.8 Å². The van der Waals surface area contributed by atoms with Gasteiger partial charge < -0.3 is 19.5 Å². The molecule has 0 heterocycles. The molecule has 226 valence electrons. The van der Waals surface area contributed by atoms with E-state index < -0.39 is 40.5 Å². The van der Waals surface area contributed by atoms with Crippen LogP contribution in [0.4, 0.5) is 13.2 Å². The van der Waals surface area contributed by atoms with Crippen LogP contribution in [0.3, 0.4) is 0 Å². The van der Waals surface area contributed by atoms with Crippen molar-refractivity contribution >= 4 is 16.1 Å². The van der Waals surface area contributed by atoms with Crippen molar-refractivity contribution in [2.24, 2.45) is 46.3 Å². The van der Waals surface area contributed by atoms with Gasteiger partial charge in [0.25, 0.3) is 0 Å². The van der Waals surface area contributed by atoms with E-state index >= 15 is 0 Å². The number of hydrogen-bond donors (Lipinski definition) is 2. The Morgan fingerprint density at radius 1 is 1.05 bits per heavy atom. The van der Waals surface area contributed by atoms with Crippen LogP contribution >= 0.6 is 0 Å². The summed E-state index contributed by atoms with van der Waals surface area (Å²) < 4.78 is 76.5. The molecule has 0 aliphatic heterocycles. The topological polar surface area (TPSA) is 124 Å². The van der Waals surface area contributed by atoms with Gasteiger partial charge in [-0.15, -0.1) is 0 Å². The SMILES string of the molecule is C[C@H](CCC(=O)OCCC(F)C(F)(F)S(=O)(=O)[O-])[C@H]1CC[C@H]2[C@@H]3[C@@H](O)C[C@@H]4C[C@H](O)CC[C@]4(C)[C@H]3CC[C@]12C. The van der Waals surface area contributed by atoms with Crippen molar-refractivity contribution in [1.29, 1.82) is 0 Å². The molecule has 0 aromatic rings. The number of alkyl halides is 3. The normalized spacial score (nSPS) is 42.1. The Morgan fingerprint density at radius 3 is 2.36 bits per heavy atom. The van der Waals surface area contributed by atoms with E-state index in [0.717, 1.165) is 51.4 Å². The molecule has 0 bridgehead atoms. The van der Waals surface area contributed by atoms with Crippen LogP contribution in [0, 0.1) is 46.3 Å². The fraction of sp³-hybridized carbons (Fsp3) is 0.964. The highest BCUT2D eigenvalue weighted by atomic mass is 32.2. The van der Waals surface area contributed by atoms with Gasteiger partial charge in [0.2, 0.25) is 0 Å². The summed E-state index contributed by atoms with van der Waals surface area (Å²) in [4.78, 5) is 12.2. The van der Waals surface area contributed by atoms with Gasteiger partial charge in [0.15, 0.2) is 16.3 Å². The maximum absolute atomic E-state index is 13.6. The molecule has 11 heteroatoms. The highest BCUT2D eigenvalue weighted by molar-refractivity contribution is 7.86. The first kappa shape index (κ1) is 31.0. The molecule has 1 unspecified atom stereocenters. The van der Waals surface area contributed by atoms with Crippen LogP contribution in [0.1, 0.15) is 91.4 Å². The van der Waals surface area contributed by atoms with Crippen LogP contribution in [0.15, 0.2) is 0 Å². The fourth-order valence-electron chi connectivity index (χ4n) is 9.40. The lowest BCUT2D eigenvalue weighted by Gasteiger charge is -2.62. The third-order valence-electron chi connectivity index (χ3n) is 11.6. The van der Waals surface area contributed by atoms with Gasteiger partial charge in [-0.05, 0) is 104 Å². The average Bonchev–Trinajstić information content (AvgIpc) is 3.20. The number of fused-ring (bicyclic) bond motifs is 5. The van der Waals surface area contributed by atoms with E-state index in [9.17, 15) is 41.1 Å². The number of esters is 1. The van der Waals surface area contributed by atoms with Crippen molar-refractivity contribution in [2.75, 3.05) is 6.61 Å². The Morgan fingerprint density at radius 2 is 1.69 bits per heavy atom. The number of aliphatic hydroxyl groups excluding tert-OH is 2.